The van der Waals surface area contributed by atoms with Gasteiger partial charge in [0.05, 0.1) is 6.61 Å². The summed E-state index contributed by atoms with van der Waals surface area (Å²) in [5.74, 6) is 3.85. The highest BCUT2D eigenvalue weighted by Crippen LogP contribution is 2.39. The van der Waals surface area contributed by atoms with Crippen molar-refractivity contribution < 1.29 is 9.26 Å². The van der Waals surface area contributed by atoms with Crippen LogP contribution in [0.1, 0.15) is 60.4 Å². The molecular weight excluding hydrogens is 314 g/mol. The Morgan fingerprint density at radius 1 is 1.16 bits per heavy atom. The fourth-order valence-corrected chi connectivity index (χ4v) is 4.06. The number of benzene rings is 1. The minimum Gasteiger partial charge on any atom is -0.493 e. The number of aromatic nitrogens is 2. The third-order valence-corrected chi connectivity index (χ3v) is 5.73. The Kier molecular flexibility index (Phi) is 3.97. The van der Waals surface area contributed by atoms with E-state index in [4.69, 9.17) is 9.26 Å². The van der Waals surface area contributed by atoms with E-state index in [0.29, 0.717) is 11.8 Å². The molecule has 1 aromatic carbocycles. The summed E-state index contributed by atoms with van der Waals surface area (Å²) < 4.78 is 11.1. The number of rotatable bonds is 5. The minimum absolute atomic E-state index is 0.429. The molecule has 5 nitrogen and oxygen atoms in total. The molecule has 0 spiro atoms. The van der Waals surface area contributed by atoms with Crippen molar-refractivity contribution in [2.45, 2.75) is 50.4 Å². The van der Waals surface area contributed by atoms with Crippen LogP contribution in [0.5, 0.6) is 5.75 Å². The zero-order valence-electron chi connectivity index (χ0n) is 14.6. The van der Waals surface area contributed by atoms with Crippen molar-refractivity contribution >= 4 is 0 Å². The predicted octanol–water partition coefficient (Wildman–Crippen LogP) is 3.30. The van der Waals surface area contributed by atoms with Crippen LogP contribution in [0.4, 0.5) is 0 Å². The number of hydrogen-bond acceptors (Lipinski definition) is 5. The Morgan fingerprint density at radius 2 is 2.12 bits per heavy atom. The quantitative estimate of drug-likeness (QED) is 0.836. The second-order valence-electron chi connectivity index (χ2n) is 7.70. The van der Waals surface area contributed by atoms with E-state index in [1.54, 1.807) is 0 Å². The van der Waals surface area contributed by atoms with Gasteiger partial charge in [-0.15, -0.1) is 0 Å². The van der Waals surface area contributed by atoms with Crippen LogP contribution in [0.2, 0.25) is 0 Å². The van der Waals surface area contributed by atoms with Crippen LogP contribution in [0.3, 0.4) is 0 Å². The number of likely N-dealkylation sites (tertiary alicyclic amines) is 1. The van der Waals surface area contributed by atoms with E-state index in [1.807, 2.05) is 0 Å². The van der Waals surface area contributed by atoms with Crippen LogP contribution < -0.4 is 4.74 Å². The largest absolute Gasteiger partial charge is 0.493 e. The first-order valence-corrected chi connectivity index (χ1v) is 9.65. The molecular formula is C20H25N3O2. The van der Waals surface area contributed by atoms with E-state index in [9.17, 15) is 0 Å². The molecule has 2 fully saturated rings. The molecule has 0 bridgehead atoms. The SMILES string of the molecule is c1cc2c(cc1CCN1CCC[C@H](c3noc(C4CC4)n3)C1)CCO2. The average Bonchev–Trinajstić information content (AvgIpc) is 3.20. The molecule has 25 heavy (non-hydrogen) atoms. The Balaban J connectivity index is 1.19. The number of ether oxygens (including phenoxy) is 1. The maximum atomic E-state index is 5.60. The molecule has 2 aromatic rings. The molecule has 1 saturated carbocycles. The minimum atomic E-state index is 0.429. The number of nitrogens with zero attached hydrogens (tertiary/aromatic N) is 3. The molecule has 0 N–H and O–H groups in total. The summed E-state index contributed by atoms with van der Waals surface area (Å²) in [6.07, 6.45) is 6.97. The number of piperidine rings is 1. The fraction of sp³-hybridized carbons (Fsp3) is 0.600. The molecule has 1 aromatic heterocycles. The highest BCUT2D eigenvalue weighted by atomic mass is 16.5. The highest BCUT2D eigenvalue weighted by Gasteiger charge is 2.32. The lowest BCUT2D eigenvalue weighted by Crippen LogP contribution is -2.36. The van der Waals surface area contributed by atoms with Crippen molar-refractivity contribution in [3.05, 3.63) is 41.0 Å². The maximum absolute atomic E-state index is 5.60. The fourth-order valence-electron chi connectivity index (χ4n) is 4.06. The van der Waals surface area contributed by atoms with Gasteiger partial charge in [-0.05, 0) is 55.8 Å². The lowest BCUT2D eigenvalue weighted by atomic mass is 9.97. The van der Waals surface area contributed by atoms with E-state index in [-0.39, 0.29) is 0 Å². The van der Waals surface area contributed by atoms with Crippen LogP contribution in [0.15, 0.2) is 22.7 Å². The van der Waals surface area contributed by atoms with Gasteiger partial charge >= 0.3 is 0 Å². The topological polar surface area (TPSA) is 51.4 Å². The van der Waals surface area contributed by atoms with Crippen LogP contribution in [-0.4, -0.2) is 41.3 Å². The van der Waals surface area contributed by atoms with Crippen molar-refractivity contribution in [1.29, 1.82) is 0 Å². The summed E-state index contributed by atoms with van der Waals surface area (Å²) in [6.45, 7) is 4.17. The lowest BCUT2D eigenvalue weighted by molar-refractivity contribution is 0.204. The second-order valence-corrected chi connectivity index (χ2v) is 7.70. The first-order valence-electron chi connectivity index (χ1n) is 9.65. The van der Waals surface area contributed by atoms with Gasteiger partial charge in [0.2, 0.25) is 5.89 Å². The van der Waals surface area contributed by atoms with Crippen molar-refractivity contribution in [2.75, 3.05) is 26.2 Å². The zero-order valence-corrected chi connectivity index (χ0v) is 14.6. The molecule has 1 atom stereocenters. The number of fused-ring (bicyclic) bond motifs is 1. The van der Waals surface area contributed by atoms with Gasteiger partial charge in [0.15, 0.2) is 5.82 Å². The molecule has 5 heteroatoms. The van der Waals surface area contributed by atoms with Gasteiger partial charge in [-0.25, -0.2) is 0 Å². The molecule has 0 unspecified atom stereocenters. The summed E-state index contributed by atoms with van der Waals surface area (Å²) in [5.41, 5.74) is 2.79. The zero-order chi connectivity index (χ0) is 16.6. The van der Waals surface area contributed by atoms with Crippen molar-refractivity contribution in [3.8, 4) is 5.75 Å². The Hall–Kier alpha value is -1.88. The van der Waals surface area contributed by atoms with Crippen LogP contribution in [0, 0.1) is 0 Å². The van der Waals surface area contributed by atoms with E-state index >= 15 is 0 Å². The normalized spacial score (nSPS) is 23.4. The van der Waals surface area contributed by atoms with Gasteiger partial charge < -0.3 is 14.2 Å². The smallest absolute Gasteiger partial charge is 0.229 e. The second kappa shape index (κ2) is 6.45. The van der Waals surface area contributed by atoms with Gasteiger partial charge in [-0.1, -0.05) is 17.3 Å². The van der Waals surface area contributed by atoms with Crippen molar-refractivity contribution in [2.24, 2.45) is 0 Å². The van der Waals surface area contributed by atoms with Crippen LogP contribution in [0.25, 0.3) is 0 Å². The lowest BCUT2D eigenvalue weighted by Gasteiger charge is -2.31. The van der Waals surface area contributed by atoms with Crippen molar-refractivity contribution in [3.63, 3.8) is 0 Å². The first kappa shape index (κ1) is 15.4. The molecule has 0 amide bonds. The molecule has 3 aliphatic rings. The third kappa shape index (κ3) is 3.30. The molecule has 132 valence electrons. The molecule has 5 rings (SSSR count). The van der Waals surface area contributed by atoms with Gasteiger partial charge in [-0.3, -0.25) is 0 Å². The summed E-state index contributed by atoms with van der Waals surface area (Å²) in [5, 5.41) is 4.27. The number of hydrogen-bond donors (Lipinski definition) is 0. The van der Waals surface area contributed by atoms with Gasteiger partial charge in [-0.2, -0.15) is 4.98 Å². The summed E-state index contributed by atoms with van der Waals surface area (Å²) >= 11 is 0. The maximum Gasteiger partial charge on any atom is 0.229 e. The van der Waals surface area contributed by atoms with E-state index in [2.05, 4.69) is 33.2 Å². The standard InChI is InChI=1S/C20H25N3O2/c1-2-17(19-21-20(25-22-19)15-4-5-15)13-23(9-1)10-7-14-3-6-18-16(12-14)8-11-24-18/h3,6,12,15,17H,1-2,4-5,7-11,13H2/t17-/m0/s1. The van der Waals surface area contributed by atoms with Crippen molar-refractivity contribution in [1.82, 2.24) is 15.0 Å². The van der Waals surface area contributed by atoms with Gasteiger partial charge in [0, 0.05) is 31.3 Å². The first-order chi connectivity index (χ1) is 12.3. The monoisotopic (exact) mass is 339 g/mol. The van der Waals surface area contributed by atoms with E-state index in [1.165, 1.54) is 43.4 Å². The third-order valence-electron chi connectivity index (χ3n) is 5.73. The van der Waals surface area contributed by atoms with E-state index < -0.39 is 0 Å². The molecule has 1 saturated heterocycles. The van der Waals surface area contributed by atoms with Crippen LogP contribution in [-0.2, 0) is 12.8 Å². The Morgan fingerprint density at radius 3 is 3.04 bits per heavy atom. The molecule has 0 radical (unpaired) electrons. The Labute approximate surface area is 148 Å². The highest BCUT2D eigenvalue weighted by molar-refractivity contribution is 5.39. The Bertz CT molecular complexity index is 753. The van der Waals surface area contributed by atoms with Gasteiger partial charge in [0.1, 0.15) is 5.75 Å². The average molecular weight is 339 g/mol. The summed E-state index contributed by atoms with van der Waals surface area (Å²) in [4.78, 5) is 7.23. The molecule has 1 aliphatic carbocycles. The van der Waals surface area contributed by atoms with E-state index in [0.717, 1.165) is 50.0 Å². The summed E-state index contributed by atoms with van der Waals surface area (Å²) in [7, 11) is 0. The molecule has 3 heterocycles. The molecule has 2 aliphatic heterocycles. The predicted molar refractivity (Wildman–Crippen MR) is 94.0 cm³/mol. The summed E-state index contributed by atoms with van der Waals surface area (Å²) in [6, 6.07) is 6.67. The van der Waals surface area contributed by atoms with Gasteiger partial charge in [0.25, 0.3) is 0 Å². The van der Waals surface area contributed by atoms with Crippen LogP contribution >= 0.6 is 0 Å².